The molecule has 0 aromatic rings. The van der Waals surface area contributed by atoms with Gasteiger partial charge in [-0.2, -0.15) is 0 Å². The van der Waals surface area contributed by atoms with Crippen LogP contribution in [-0.2, 0) is 4.79 Å². The van der Waals surface area contributed by atoms with E-state index in [2.05, 4.69) is 0 Å². The van der Waals surface area contributed by atoms with E-state index in [0.717, 1.165) is 0 Å². The molecule has 0 heterocycles. The van der Waals surface area contributed by atoms with Crippen molar-refractivity contribution < 1.29 is 15.0 Å². The number of carboxylic acid groups (broad SMARTS) is 1. The van der Waals surface area contributed by atoms with E-state index in [1.54, 1.807) is 0 Å². The minimum atomic E-state index is -1.23. The van der Waals surface area contributed by atoms with Gasteiger partial charge >= 0.3 is 5.97 Å². The van der Waals surface area contributed by atoms with Crippen LogP contribution in [0.2, 0.25) is 0 Å². The van der Waals surface area contributed by atoms with Gasteiger partial charge in [-0.1, -0.05) is 0 Å². The highest BCUT2D eigenvalue weighted by atomic mass is 16.4. The summed E-state index contributed by atoms with van der Waals surface area (Å²) in [4.78, 5) is 9.45. The zero-order chi connectivity index (χ0) is 5.15. The summed E-state index contributed by atoms with van der Waals surface area (Å²) in [6.07, 6.45) is -1.23. The van der Waals surface area contributed by atoms with Gasteiger partial charge in [0.2, 0.25) is 0 Å². The molecule has 1 atom stereocenters. The number of aliphatic carboxylic acids is 1. The van der Waals surface area contributed by atoms with E-state index in [0.29, 0.717) is 0 Å². The lowest BCUT2D eigenvalue weighted by Gasteiger charge is -1.89. The first-order valence-corrected chi connectivity index (χ1v) is 1.55. The zero-order valence-corrected chi connectivity index (χ0v) is 4.38. The fourth-order valence-electron chi connectivity index (χ4n) is 0. The number of carbonyl (C=O) groups is 1. The molecule has 0 rings (SSSR count). The third-order valence-corrected chi connectivity index (χ3v) is 0.357. The van der Waals surface area contributed by atoms with Gasteiger partial charge in [-0.05, 0) is 6.92 Å². The predicted molar refractivity (Wildman–Crippen MR) is 25.3 cm³/mol. The summed E-state index contributed by atoms with van der Waals surface area (Å²) in [5.41, 5.74) is 0. The first-order valence-electron chi connectivity index (χ1n) is 1.55. The van der Waals surface area contributed by atoms with Crippen molar-refractivity contribution >= 4 is 5.97 Å². The van der Waals surface area contributed by atoms with Gasteiger partial charge in [-0.15, -0.1) is 0 Å². The second-order valence-electron chi connectivity index (χ2n) is 1.01. The molecule has 0 radical (unpaired) electrons. The Kier molecular flexibility index (Phi) is 4.92. The van der Waals surface area contributed by atoms with E-state index in [-0.39, 0.29) is 6.15 Å². The minimum Gasteiger partial charge on any atom is -0.479 e. The van der Waals surface area contributed by atoms with Crippen LogP contribution in [0.3, 0.4) is 0 Å². The molecule has 0 saturated carbocycles. The Balaban J connectivity index is 0. The Morgan fingerprint density at radius 3 is 1.86 bits per heavy atom. The van der Waals surface area contributed by atoms with E-state index >= 15 is 0 Å². The van der Waals surface area contributed by atoms with Crippen LogP contribution in [0.15, 0.2) is 0 Å². The van der Waals surface area contributed by atoms with Crippen molar-refractivity contribution in [3.8, 4) is 0 Å². The monoisotopic (exact) mass is 108 g/mol. The quantitative estimate of drug-likeness (QED) is 0.435. The number of aliphatic hydroxyl groups is 1. The Bertz CT molecular complexity index is 61.2. The molecule has 1 unspecified atom stereocenters. The maximum absolute atomic E-state index is 9.45. The molecule has 0 bridgehead atoms. The van der Waals surface area contributed by atoms with Crippen LogP contribution in [0, 0.1) is 0 Å². The first kappa shape index (κ1) is 9.63. The fourth-order valence-corrected chi connectivity index (χ4v) is 0. The van der Waals surface area contributed by atoms with E-state index in [1.165, 1.54) is 6.92 Å². The van der Waals surface area contributed by atoms with Crippen LogP contribution < -0.4 is 6.15 Å². The lowest BCUT2D eigenvalue weighted by molar-refractivity contribution is -0.145. The van der Waals surface area contributed by atoms with Crippen LogP contribution in [-0.4, -0.2) is 22.3 Å². The van der Waals surface area contributed by atoms with Gasteiger partial charge in [0.1, 0.15) is 6.10 Å². The average molecular weight is 108 g/mol. The van der Waals surface area contributed by atoms with Crippen molar-refractivity contribution in [3.05, 3.63) is 0 Å². The number of hydrogen-bond acceptors (Lipinski definition) is 2. The molecule has 44 valence electrons. The van der Waals surface area contributed by atoms with Crippen molar-refractivity contribution in [2.24, 2.45) is 0 Å². The SMILES string of the molecule is CC(O)C(=O)O.[NH4+]. The number of rotatable bonds is 1. The highest BCUT2D eigenvalue weighted by molar-refractivity contribution is 5.71. The molecule has 0 spiro atoms. The molecule has 4 heteroatoms. The number of carboxylic acids is 1. The minimum absolute atomic E-state index is 0. The van der Waals surface area contributed by atoms with Crippen molar-refractivity contribution in [3.63, 3.8) is 0 Å². The van der Waals surface area contributed by atoms with Gasteiger partial charge < -0.3 is 16.4 Å². The van der Waals surface area contributed by atoms with Gasteiger partial charge in [0.25, 0.3) is 0 Å². The maximum atomic E-state index is 9.45. The highest BCUT2D eigenvalue weighted by Gasteiger charge is 2.01. The Morgan fingerprint density at radius 2 is 1.86 bits per heavy atom. The van der Waals surface area contributed by atoms with Crippen LogP contribution in [0.1, 0.15) is 6.92 Å². The van der Waals surface area contributed by atoms with Gasteiger partial charge in [0.15, 0.2) is 0 Å². The summed E-state index contributed by atoms with van der Waals surface area (Å²) in [6, 6.07) is 0. The van der Waals surface area contributed by atoms with Gasteiger partial charge in [-0.3, -0.25) is 0 Å². The molecule has 0 aliphatic rings. The van der Waals surface area contributed by atoms with Crippen LogP contribution in [0.5, 0.6) is 0 Å². The van der Waals surface area contributed by atoms with Crippen molar-refractivity contribution in [2.75, 3.05) is 0 Å². The number of aliphatic hydroxyl groups excluding tert-OH is 1. The number of quaternary nitrogens is 1. The van der Waals surface area contributed by atoms with Gasteiger partial charge in [-0.25, -0.2) is 4.79 Å². The van der Waals surface area contributed by atoms with Crippen LogP contribution in [0.4, 0.5) is 0 Å². The standard InChI is InChI=1S/C3H6O3.H3N/c1-2(4)3(5)6;/h2,4H,1H3,(H,5,6);1H3/p+1. The van der Waals surface area contributed by atoms with E-state index in [4.69, 9.17) is 10.2 Å². The summed E-state index contributed by atoms with van der Waals surface area (Å²) >= 11 is 0. The molecule has 0 amide bonds. The summed E-state index contributed by atoms with van der Waals surface area (Å²) in [6.45, 7) is 1.20. The molecule has 0 saturated heterocycles. The largest absolute Gasteiger partial charge is 0.479 e. The third kappa shape index (κ3) is 5.39. The summed E-state index contributed by atoms with van der Waals surface area (Å²) in [5.74, 6) is -1.19. The molecule has 6 N–H and O–H groups in total. The Morgan fingerprint density at radius 1 is 1.71 bits per heavy atom. The Hall–Kier alpha value is -0.610. The molecular formula is C3H10NO3+. The molecule has 0 aromatic carbocycles. The smallest absolute Gasteiger partial charge is 0.332 e. The topological polar surface area (TPSA) is 94.0 Å². The molecule has 0 aliphatic heterocycles. The van der Waals surface area contributed by atoms with E-state index in [9.17, 15) is 4.79 Å². The molecule has 0 aliphatic carbocycles. The highest BCUT2D eigenvalue weighted by Crippen LogP contribution is 1.73. The normalized spacial score (nSPS) is 11.7. The number of hydrogen-bond donors (Lipinski definition) is 3. The van der Waals surface area contributed by atoms with Gasteiger partial charge in [0.05, 0.1) is 0 Å². The third-order valence-electron chi connectivity index (χ3n) is 0.357. The lowest BCUT2D eigenvalue weighted by atomic mass is 10.4. The van der Waals surface area contributed by atoms with Crippen LogP contribution >= 0.6 is 0 Å². The second-order valence-corrected chi connectivity index (χ2v) is 1.01. The lowest BCUT2D eigenvalue weighted by Crippen LogP contribution is -2.13. The maximum Gasteiger partial charge on any atom is 0.332 e. The molecule has 4 nitrogen and oxygen atoms in total. The van der Waals surface area contributed by atoms with Crippen LogP contribution in [0.25, 0.3) is 0 Å². The average Bonchev–Trinajstić information content (AvgIpc) is 1.36. The first-order chi connectivity index (χ1) is 2.64. The zero-order valence-electron chi connectivity index (χ0n) is 4.38. The molecule has 7 heavy (non-hydrogen) atoms. The molecule has 0 aromatic heterocycles. The second kappa shape index (κ2) is 3.58. The summed E-state index contributed by atoms with van der Waals surface area (Å²) < 4.78 is 0. The predicted octanol–water partition coefficient (Wildman–Crippen LogP) is -0.172. The summed E-state index contributed by atoms with van der Waals surface area (Å²) in [5, 5.41) is 15.8. The van der Waals surface area contributed by atoms with Crippen molar-refractivity contribution in [1.29, 1.82) is 0 Å². The van der Waals surface area contributed by atoms with E-state index in [1.807, 2.05) is 0 Å². The van der Waals surface area contributed by atoms with Crippen molar-refractivity contribution in [1.82, 2.24) is 6.15 Å². The molecular weight excluding hydrogens is 98.0 g/mol. The fraction of sp³-hybridized carbons (Fsp3) is 0.667. The van der Waals surface area contributed by atoms with Gasteiger partial charge in [0, 0.05) is 0 Å². The van der Waals surface area contributed by atoms with E-state index < -0.39 is 12.1 Å². The van der Waals surface area contributed by atoms with Crippen molar-refractivity contribution in [2.45, 2.75) is 13.0 Å². The Labute approximate surface area is 41.4 Å². The molecule has 0 fully saturated rings. The summed E-state index contributed by atoms with van der Waals surface area (Å²) in [7, 11) is 0.